The zero-order chi connectivity index (χ0) is 13.1. The average molecular weight is 256 g/mol. The summed E-state index contributed by atoms with van der Waals surface area (Å²) in [6, 6.07) is 0. The standard InChI is InChI=1S/C13H28N4O/c1-3-4-5-6-15-13(14-2)16-7-8-17-9-11-18-12-10-17/h3-12H2,1-2H3,(H2,14,15,16). The van der Waals surface area contributed by atoms with Gasteiger partial charge in [-0.05, 0) is 6.42 Å². The molecule has 1 aliphatic heterocycles. The second-order valence-electron chi connectivity index (χ2n) is 4.59. The van der Waals surface area contributed by atoms with Crippen molar-refractivity contribution in [3.05, 3.63) is 0 Å². The monoisotopic (exact) mass is 256 g/mol. The first-order valence-corrected chi connectivity index (χ1v) is 7.11. The van der Waals surface area contributed by atoms with E-state index >= 15 is 0 Å². The number of aliphatic imine (C=N–C) groups is 1. The van der Waals surface area contributed by atoms with E-state index in [9.17, 15) is 0 Å². The molecule has 5 heteroatoms. The summed E-state index contributed by atoms with van der Waals surface area (Å²) in [4.78, 5) is 6.64. The molecule has 1 saturated heterocycles. The topological polar surface area (TPSA) is 48.9 Å². The van der Waals surface area contributed by atoms with E-state index in [-0.39, 0.29) is 0 Å². The van der Waals surface area contributed by atoms with Gasteiger partial charge in [-0.1, -0.05) is 19.8 Å². The normalized spacial score (nSPS) is 17.8. The molecule has 0 aromatic carbocycles. The van der Waals surface area contributed by atoms with Crippen molar-refractivity contribution >= 4 is 5.96 Å². The molecule has 0 bridgehead atoms. The first-order valence-electron chi connectivity index (χ1n) is 7.11. The highest BCUT2D eigenvalue weighted by Crippen LogP contribution is 1.94. The third-order valence-electron chi connectivity index (χ3n) is 3.12. The molecule has 0 amide bonds. The van der Waals surface area contributed by atoms with E-state index in [0.29, 0.717) is 0 Å². The van der Waals surface area contributed by atoms with Crippen molar-refractivity contribution in [2.75, 3.05) is 53.0 Å². The highest BCUT2D eigenvalue weighted by molar-refractivity contribution is 5.79. The molecule has 5 nitrogen and oxygen atoms in total. The van der Waals surface area contributed by atoms with Crippen LogP contribution in [0.2, 0.25) is 0 Å². The van der Waals surface area contributed by atoms with Crippen molar-refractivity contribution in [2.24, 2.45) is 4.99 Å². The number of rotatable bonds is 7. The Balaban J connectivity index is 2.04. The van der Waals surface area contributed by atoms with Crippen LogP contribution in [0.25, 0.3) is 0 Å². The number of guanidine groups is 1. The van der Waals surface area contributed by atoms with Gasteiger partial charge in [-0.3, -0.25) is 9.89 Å². The summed E-state index contributed by atoms with van der Waals surface area (Å²) in [6.07, 6.45) is 3.74. The largest absolute Gasteiger partial charge is 0.379 e. The summed E-state index contributed by atoms with van der Waals surface area (Å²) >= 11 is 0. The minimum atomic E-state index is 0.865. The molecular weight excluding hydrogens is 228 g/mol. The SMILES string of the molecule is CCCCCNC(=NC)NCCN1CCOCC1. The van der Waals surface area contributed by atoms with Crippen molar-refractivity contribution in [2.45, 2.75) is 26.2 Å². The van der Waals surface area contributed by atoms with Gasteiger partial charge in [-0.15, -0.1) is 0 Å². The van der Waals surface area contributed by atoms with E-state index in [2.05, 4.69) is 27.4 Å². The number of nitrogens with zero attached hydrogens (tertiary/aromatic N) is 2. The molecule has 0 radical (unpaired) electrons. The lowest BCUT2D eigenvalue weighted by Gasteiger charge is -2.26. The third kappa shape index (κ3) is 6.81. The summed E-state index contributed by atoms with van der Waals surface area (Å²) in [5.74, 6) is 0.916. The number of unbranched alkanes of at least 4 members (excludes halogenated alkanes) is 2. The van der Waals surface area contributed by atoms with Crippen molar-refractivity contribution in [1.29, 1.82) is 0 Å². The number of nitrogens with one attached hydrogen (secondary N) is 2. The Bertz CT molecular complexity index is 227. The maximum Gasteiger partial charge on any atom is 0.191 e. The molecule has 0 aromatic heterocycles. The lowest BCUT2D eigenvalue weighted by molar-refractivity contribution is 0.0389. The molecule has 0 spiro atoms. The fourth-order valence-corrected chi connectivity index (χ4v) is 1.96. The van der Waals surface area contributed by atoms with Crippen molar-refractivity contribution in [3.8, 4) is 0 Å². The van der Waals surface area contributed by atoms with Crippen LogP contribution in [0.5, 0.6) is 0 Å². The Morgan fingerprint density at radius 1 is 1.17 bits per heavy atom. The minimum absolute atomic E-state index is 0.865. The van der Waals surface area contributed by atoms with Crippen LogP contribution in [0.1, 0.15) is 26.2 Å². The van der Waals surface area contributed by atoms with Crippen LogP contribution in [-0.4, -0.2) is 63.8 Å². The van der Waals surface area contributed by atoms with Crippen molar-refractivity contribution in [3.63, 3.8) is 0 Å². The molecule has 1 fully saturated rings. The lowest BCUT2D eigenvalue weighted by Crippen LogP contribution is -2.44. The van der Waals surface area contributed by atoms with Crippen LogP contribution in [0.4, 0.5) is 0 Å². The van der Waals surface area contributed by atoms with Crippen LogP contribution in [0.15, 0.2) is 4.99 Å². The van der Waals surface area contributed by atoms with Gasteiger partial charge in [0, 0.05) is 39.8 Å². The van der Waals surface area contributed by atoms with E-state index < -0.39 is 0 Å². The van der Waals surface area contributed by atoms with Gasteiger partial charge in [0.25, 0.3) is 0 Å². The molecule has 2 N–H and O–H groups in total. The fraction of sp³-hybridized carbons (Fsp3) is 0.923. The Kier molecular flexibility index (Phi) is 8.59. The summed E-state index contributed by atoms with van der Waals surface area (Å²) < 4.78 is 5.33. The fourth-order valence-electron chi connectivity index (χ4n) is 1.96. The lowest BCUT2D eigenvalue weighted by atomic mass is 10.2. The van der Waals surface area contributed by atoms with Gasteiger partial charge in [-0.25, -0.2) is 0 Å². The molecule has 0 atom stereocenters. The quantitative estimate of drug-likeness (QED) is 0.399. The molecule has 1 aliphatic rings. The van der Waals surface area contributed by atoms with E-state index in [4.69, 9.17) is 4.74 Å². The van der Waals surface area contributed by atoms with Gasteiger partial charge in [0.2, 0.25) is 0 Å². The second-order valence-corrected chi connectivity index (χ2v) is 4.59. The highest BCUT2D eigenvalue weighted by Gasteiger charge is 2.09. The van der Waals surface area contributed by atoms with Gasteiger partial charge in [0.05, 0.1) is 13.2 Å². The van der Waals surface area contributed by atoms with Crippen molar-refractivity contribution in [1.82, 2.24) is 15.5 Å². The Morgan fingerprint density at radius 3 is 2.56 bits per heavy atom. The summed E-state index contributed by atoms with van der Waals surface area (Å²) in [5, 5.41) is 6.69. The molecule has 0 unspecified atom stereocenters. The predicted octanol–water partition coefficient (Wildman–Crippen LogP) is 0.674. The van der Waals surface area contributed by atoms with Crippen LogP contribution in [-0.2, 0) is 4.74 Å². The van der Waals surface area contributed by atoms with Gasteiger partial charge in [-0.2, -0.15) is 0 Å². The number of morpholine rings is 1. The molecule has 1 rings (SSSR count). The van der Waals surface area contributed by atoms with Crippen LogP contribution in [0.3, 0.4) is 0 Å². The maximum atomic E-state index is 5.33. The summed E-state index contributed by atoms with van der Waals surface area (Å²) in [5.41, 5.74) is 0. The van der Waals surface area contributed by atoms with Gasteiger partial charge >= 0.3 is 0 Å². The molecule has 18 heavy (non-hydrogen) atoms. The molecule has 0 saturated carbocycles. The van der Waals surface area contributed by atoms with Crippen molar-refractivity contribution < 1.29 is 4.74 Å². The third-order valence-corrected chi connectivity index (χ3v) is 3.12. The number of hydrogen-bond acceptors (Lipinski definition) is 3. The van der Waals surface area contributed by atoms with E-state index in [1.54, 1.807) is 0 Å². The first-order chi connectivity index (χ1) is 8.86. The van der Waals surface area contributed by atoms with E-state index in [0.717, 1.165) is 51.9 Å². The number of hydrogen-bond donors (Lipinski definition) is 2. The Labute approximate surface area is 111 Å². The average Bonchev–Trinajstić information content (AvgIpc) is 2.42. The summed E-state index contributed by atoms with van der Waals surface area (Å²) in [7, 11) is 1.82. The Morgan fingerprint density at radius 2 is 1.89 bits per heavy atom. The van der Waals surface area contributed by atoms with Crippen LogP contribution in [0, 0.1) is 0 Å². The first kappa shape index (κ1) is 15.2. The second kappa shape index (κ2) is 10.1. The highest BCUT2D eigenvalue weighted by atomic mass is 16.5. The summed E-state index contributed by atoms with van der Waals surface area (Å²) in [6.45, 7) is 9.04. The van der Waals surface area contributed by atoms with E-state index in [1.807, 2.05) is 7.05 Å². The van der Waals surface area contributed by atoms with Crippen LogP contribution >= 0.6 is 0 Å². The van der Waals surface area contributed by atoms with Crippen LogP contribution < -0.4 is 10.6 Å². The molecule has 1 heterocycles. The minimum Gasteiger partial charge on any atom is -0.379 e. The predicted molar refractivity (Wildman–Crippen MR) is 76.1 cm³/mol. The Hall–Kier alpha value is -0.810. The molecular formula is C13H28N4O. The van der Waals surface area contributed by atoms with Gasteiger partial charge in [0.15, 0.2) is 5.96 Å². The maximum absolute atomic E-state index is 5.33. The van der Waals surface area contributed by atoms with Gasteiger partial charge in [0.1, 0.15) is 0 Å². The number of ether oxygens (including phenoxy) is 1. The molecule has 106 valence electrons. The smallest absolute Gasteiger partial charge is 0.191 e. The molecule has 0 aromatic rings. The molecule has 0 aliphatic carbocycles. The van der Waals surface area contributed by atoms with Gasteiger partial charge < -0.3 is 15.4 Å². The zero-order valence-corrected chi connectivity index (χ0v) is 11.9. The zero-order valence-electron chi connectivity index (χ0n) is 11.9. The van der Waals surface area contributed by atoms with E-state index in [1.165, 1.54) is 19.3 Å².